The van der Waals surface area contributed by atoms with Crippen molar-refractivity contribution in [2.45, 2.75) is 6.92 Å². The van der Waals surface area contributed by atoms with Crippen molar-refractivity contribution in [2.75, 3.05) is 31.1 Å². The van der Waals surface area contributed by atoms with Gasteiger partial charge in [0.15, 0.2) is 17.0 Å². The molecular weight excluding hydrogens is 460 g/mol. The fourth-order valence-corrected chi connectivity index (χ4v) is 4.20. The molecule has 11 nitrogen and oxygen atoms in total. The Bertz CT molecular complexity index is 1400. The van der Waals surface area contributed by atoms with Gasteiger partial charge in [0.2, 0.25) is 0 Å². The zero-order valence-corrected chi connectivity index (χ0v) is 18.9. The van der Waals surface area contributed by atoms with Crippen LogP contribution in [0.25, 0.3) is 16.9 Å². The lowest BCUT2D eigenvalue weighted by molar-refractivity contribution is -0.385. The maximum absolute atomic E-state index is 13.1. The molecule has 0 spiro atoms. The second kappa shape index (κ2) is 8.67. The number of nitrogens with zero attached hydrogens (tertiary/aromatic N) is 8. The van der Waals surface area contributed by atoms with Crippen LogP contribution in [0.4, 0.5) is 11.5 Å². The largest absolute Gasteiger partial charge is 0.351 e. The Hall–Kier alpha value is -4.12. The lowest BCUT2D eigenvalue weighted by Crippen LogP contribution is -2.49. The van der Waals surface area contributed by atoms with Crippen molar-refractivity contribution in [2.24, 2.45) is 0 Å². The monoisotopic (exact) mass is 478 g/mol. The Morgan fingerprint density at radius 1 is 1.06 bits per heavy atom. The zero-order chi connectivity index (χ0) is 23.8. The van der Waals surface area contributed by atoms with Gasteiger partial charge in [0, 0.05) is 48.4 Å². The van der Waals surface area contributed by atoms with Crippen molar-refractivity contribution in [1.29, 1.82) is 0 Å². The highest BCUT2D eigenvalue weighted by molar-refractivity contribution is 6.30. The van der Waals surface area contributed by atoms with Gasteiger partial charge >= 0.3 is 0 Å². The molecule has 0 radical (unpaired) electrons. The molecule has 1 fully saturated rings. The minimum atomic E-state index is -0.471. The van der Waals surface area contributed by atoms with Crippen LogP contribution < -0.4 is 4.90 Å². The average Bonchev–Trinajstić information content (AvgIpc) is 3.28. The summed E-state index contributed by atoms with van der Waals surface area (Å²) < 4.78 is 1.63. The third-order valence-electron chi connectivity index (χ3n) is 5.89. The van der Waals surface area contributed by atoms with Gasteiger partial charge in [-0.3, -0.25) is 14.9 Å². The third-order valence-corrected chi connectivity index (χ3v) is 6.14. The molecule has 12 heteroatoms. The normalized spacial score (nSPS) is 13.9. The molecule has 0 atom stereocenters. The third kappa shape index (κ3) is 3.79. The number of amides is 1. The molecule has 0 N–H and O–H groups in total. The fourth-order valence-electron chi connectivity index (χ4n) is 4.07. The van der Waals surface area contributed by atoms with E-state index < -0.39 is 4.92 Å². The fraction of sp³-hybridized carbons (Fsp3) is 0.227. The SMILES string of the molecule is Cc1c(C(=O)N2CCN(c3ncnc4c3nnn4-c3ccc(Cl)cc3)CC2)cccc1[N+](=O)[O-]. The van der Waals surface area contributed by atoms with Crippen LogP contribution in [0.15, 0.2) is 48.8 Å². The summed E-state index contributed by atoms with van der Waals surface area (Å²) >= 11 is 5.99. The predicted octanol–water partition coefficient (Wildman–Crippen LogP) is 3.04. The van der Waals surface area contributed by atoms with E-state index in [2.05, 4.69) is 20.3 Å². The maximum atomic E-state index is 13.1. The molecule has 5 rings (SSSR count). The van der Waals surface area contributed by atoms with Crippen molar-refractivity contribution in [1.82, 2.24) is 29.9 Å². The van der Waals surface area contributed by atoms with E-state index in [0.717, 1.165) is 5.69 Å². The standard InChI is InChI=1S/C22H19ClN8O3/c1-14-17(3-2-4-18(14)31(33)34)22(32)29-11-9-28(10-12-29)20-19-21(25-13-24-20)30(27-26-19)16-7-5-15(23)6-8-16/h2-8,13H,9-12H2,1H3. The van der Waals surface area contributed by atoms with Crippen molar-refractivity contribution in [3.8, 4) is 5.69 Å². The maximum Gasteiger partial charge on any atom is 0.273 e. The Labute approximate surface area is 198 Å². The first-order valence-electron chi connectivity index (χ1n) is 10.5. The second-order valence-corrected chi connectivity index (χ2v) is 8.27. The number of anilines is 1. The van der Waals surface area contributed by atoms with E-state index in [4.69, 9.17) is 11.6 Å². The zero-order valence-electron chi connectivity index (χ0n) is 18.1. The summed E-state index contributed by atoms with van der Waals surface area (Å²) in [5.74, 6) is 0.422. The molecule has 2 aromatic carbocycles. The van der Waals surface area contributed by atoms with E-state index >= 15 is 0 Å². The molecule has 1 aliphatic rings. The van der Waals surface area contributed by atoms with E-state index in [1.54, 1.807) is 34.7 Å². The summed E-state index contributed by atoms with van der Waals surface area (Å²) in [6.07, 6.45) is 1.47. The second-order valence-electron chi connectivity index (χ2n) is 7.83. The minimum absolute atomic E-state index is 0.0587. The Morgan fingerprint density at radius 2 is 1.79 bits per heavy atom. The van der Waals surface area contributed by atoms with E-state index in [1.165, 1.54) is 18.5 Å². The average molecular weight is 479 g/mol. The highest BCUT2D eigenvalue weighted by atomic mass is 35.5. The predicted molar refractivity (Wildman–Crippen MR) is 125 cm³/mol. The van der Waals surface area contributed by atoms with Crippen molar-refractivity contribution >= 4 is 40.2 Å². The number of nitro groups is 1. The summed E-state index contributed by atoms with van der Waals surface area (Å²) in [6, 6.07) is 11.8. The summed E-state index contributed by atoms with van der Waals surface area (Å²) in [5.41, 5.74) is 2.56. The first-order chi connectivity index (χ1) is 16.4. The van der Waals surface area contributed by atoms with Crippen molar-refractivity contribution < 1.29 is 9.72 Å². The lowest BCUT2D eigenvalue weighted by atomic mass is 10.1. The van der Waals surface area contributed by atoms with Crippen molar-refractivity contribution in [3.05, 3.63) is 75.1 Å². The smallest absolute Gasteiger partial charge is 0.273 e. The van der Waals surface area contributed by atoms with Gasteiger partial charge < -0.3 is 9.80 Å². The molecule has 34 heavy (non-hydrogen) atoms. The quantitative estimate of drug-likeness (QED) is 0.324. The molecule has 0 aliphatic carbocycles. The van der Waals surface area contributed by atoms with Crippen LogP contribution in [0, 0.1) is 17.0 Å². The summed E-state index contributed by atoms with van der Waals surface area (Å²) in [4.78, 5) is 36.3. The molecule has 0 bridgehead atoms. The van der Waals surface area contributed by atoms with Crippen LogP contribution >= 0.6 is 11.6 Å². The number of aromatic nitrogens is 5. The molecule has 172 valence electrons. The topological polar surface area (TPSA) is 123 Å². The Balaban J connectivity index is 1.36. The van der Waals surface area contributed by atoms with E-state index in [0.29, 0.717) is 59.3 Å². The number of benzene rings is 2. The Kier molecular flexibility index (Phi) is 5.54. The van der Waals surface area contributed by atoms with Gasteiger partial charge in [-0.1, -0.05) is 22.9 Å². The number of carbonyl (C=O) groups is 1. The van der Waals surface area contributed by atoms with Gasteiger partial charge in [-0.25, -0.2) is 9.97 Å². The number of carbonyl (C=O) groups excluding carboxylic acids is 1. The van der Waals surface area contributed by atoms with Gasteiger partial charge in [-0.05, 0) is 37.3 Å². The lowest BCUT2D eigenvalue weighted by Gasteiger charge is -2.35. The number of piperazine rings is 1. The van der Waals surface area contributed by atoms with Crippen LogP contribution in [0.2, 0.25) is 5.02 Å². The molecule has 4 aromatic rings. The number of halogens is 1. The highest BCUT2D eigenvalue weighted by Crippen LogP contribution is 2.26. The number of nitro benzene ring substituents is 1. The molecule has 1 aliphatic heterocycles. The summed E-state index contributed by atoms with van der Waals surface area (Å²) in [5, 5.41) is 20.4. The highest BCUT2D eigenvalue weighted by Gasteiger charge is 2.27. The van der Waals surface area contributed by atoms with Crippen LogP contribution in [-0.4, -0.2) is 66.9 Å². The molecule has 0 saturated carbocycles. The summed E-state index contributed by atoms with van der Waals surface area (Å²) in [6.45, 7) is 3.54. The Morgan fingerprint density at radius 3 is 2.50 bits per heavy atom. The minimum Gasteiger partial charge on any atom is -0.351 e. The van der Waals surface area contributed by atoms with E-state index in [1.807, 2.05) is 17.0 Å². The van der Waals surface area contributed by atoms with Crippen LogP contribution in [0.5, 0.6) is 0 Å². The van der Waals surface area contributed by atoms with E-state index in [9.17, 15) is 14.9 Å². The molecule has 2 aromatic heterocycles. The first-order valence-corrected chi connectivity index (χ1v) is 10.9. The van der Waals surface area contributed by atoms with Crippen molar-refractivity contribution in [3.63, 3.8) is 0 Å². The number of hydrogen-bond donors (Lipinski definition) is 0. The van der Waals surface area contributed by atoms with Crippen LogP contribution in [0.3, 0.4) is 0 Å². The van der Waals surface area contributed by atoms with Crippen LogP contribution in [0.1, 0.15) is 15.9 Å². The number of fused-ring (bicyclic) bond motifs is 1. The van der Waals surface area contributed by atoms with Crippen LogP contribution in [-0.2, 0) is 0 Å². The number of hydrogen-bond acceptors (Lipinski definition) is 8. The molecule has 0 unspecified atom stereocenters. The summed E-state index contributed by atoms with van der Waals surface area (Å²) in [7, 11) is 0. The van der Waals surface area contributed by atoms with E-state index in [-0.39, 0.29) is 11.6 Å². The number of rotatable bonds is 4. The van der Waals surface area contributed by atoms with Gasteiger partial charge in [0.1, 0.15) is 6.33 Å². The van der Waals surface area contributed by atoms with Gasteiger partial charge in [-0.15, -0.1) is 5.10 Å². The van der Waals surface area contributed by atoms with Gasteiger partial charge in [0.05, 0.1) is 10.6 Å². The molecule has 3 heterocycles. The first kappa shape index (κ1) is 21.7. The molecule has 1 amide bonds. The molecule has 1 saturated heterocycles. The molecular formula is C22H19ClN8O3. The van der Waals surface area contributed by atoms with Gasteiger partial charge in [0.25, 0.3) is 11.6 Å². The van der Waals surface area contributed by atoms with Gasteiger partial charge in [-0.2, -0.15) is 4.68 Å².